The quantitative estimate of drug-likeness (QED) is 0.318. The van der Waals surface area contributed by atoms with Crippen LogP contribution in [-0.4, -0.2) is 17.5 Å². The zero-order chi connectivity index (χ0) is 4.50. The maximum atomic E-state index is 8.52. The molecule has 0 saturated heterocycles. The van der Waals surface area contributed by atoms with Crippen molar-refractivity contribution >= 4 is 10.4 Å². The summed E-state index contributed by atoms with van der Waals surface area (Å²) in [6.07, 6.45) is 0. The zero-order valence-electron chi connectivity index (χ0n) is 2.71. The monoisotopic (exact) mass is 482 g/mol. The Hall–Kier alpha value is 1.17. The smallest absolute Gasteiger partial charge is 0.759 e. The summed E-state index contributed by atoms with van der Waals surface area (Å²) in [5, 5.41) is 0. The molecular weight excluding hydrogens is 480 g/mol. The second-order valence-corrected chi connectivity index (χ2v) is 1.22. The van der Waals surface area contributed by atoms with E-state index in [1.165, 1.54) is 0 Å². The Balaban J connectivity index is -0.0000000800. The van der Waals surface area contributed by atoms with E-state index in [-0.39, 0.29) is 40.2 Å². The molecule has 0 radical (unpaired) electrons. The molecule has 4 nitrogen and oxygen atoms in total. The van der Waals surface area contributed by atoms with Crippen molar-refractivity contribution in [1.82, 2.24) is 0 Å². The van der Waals surface area contributed by atoms with Crippen LogP contribution >= 0.6 is 0 Å². The Bertz CT molecular complexity index is 92.9. The van der Waals surface area contributed by atoms with Crippen molar-refractivity contribution in [2.24, 2.45) is 0 Å². The molecule has 44 valence electrons. The van der Waals surface area contributed by atoms with E-state index >= 15 is 0 Å². The first-order valence-electron chi connectivity index (χ1n) is 0.667. The zero-order valence-corrected chi connectivity index (χ0v) is 8.31. The van der Waals surface area contributed by atoms with Gasteiger partial charge in [0.15, 0.2) is 0 Å². The van der Waals surface area contributed by atoms with Crippen molar-refractivity contribution in [3.63, 3.8) is 0 Å². The molecule has 0 spiro atoms. The van der Waals surface area contributed by atoms with Crippen molar-refractivity contribution in [2.75, 3.05) is 0 Å². The second-order valence-electron chi connectivity index (χ2n) is 0.408. The molecular formula is Ir2O4S+4. The summed E-state index contributed by atoms with van der Waals surface area (Å²) in [7, 11) is -5.17. The summed E-state index contributed by atoms with van der Waals surface area (Å²) < 4.78 is 34.1. The van der Waals surface area contributed by atoms with Gasteiger partial charge in [0.2, 0.25) is 0 Å². The molecule has 0 amide bonds. The van der Waals surface area contributed by atoms with Crippen LogP contribution in [0.5, 0.6) is 0 Å². The van der Waals surface area contributed by atoms with E-state index < -0.39 is 10.4 Å². The summed E-state index contributed by atoms with van der Waals surface area (Å²) in [5.74, 6) is 0. The molecule has 0 aliphatic heterocycles. The van der Waals surface area contributed by atoms with Crippen LogP contribution in [0.2, 0.25) is 0 Å². The third-order valence-corrected chi connectivity index (χ3v) is 0. The molecule has 0 aliphatic carbocycles. The summed E-state index contributed by atoms with van der Waals surface area (Å²) in [6, 6.07) is 0. The molecule has 0 atom stereocenters. The van der Waals surface area contributed by atoms with E-state index in [1.807, 2.05) is 0 Å². The molecule has 0 fully saturated rings. The minimum absolute atomic E-state index is 0. The Labute approximate surface area is 68.0 Å². The molecule has 0 saturated carbocycles. The van der Waals surface area contributed by atoms with Crippen LogP contribution in [0, 0.1) is 0 Å². The summed E-state index contributed by atoms with van der Waals surface area (Å²) in [6.45, 7) is 0. The maximum Gasteiger partial charge on any atom is 3.00 e. The van der Waals surface area contributed by atoms with Crippen LogP contribution in [0.15, 0.2) is 0 Å². The fourth-order valence-electron chi connectivity index (χ4n) is 0. The standard InChI is InChI=1S/2Ir.H2O4S/c;;1-5(2,3)4/h;;(H2,1,2,3,4)/q2*+3;/p-2. The van der Waals surface area contributed by atoms with Crippen LogP contribution in [0.1, 0.15) is 0 Å². The Kier molecular flexibility index (Phi) is 11.9. The van der Waals surface area contributed by atoms with Crippen LogP contribution in [0.25, 0.3) is 0 Å². The molecule has 0 aliphatic rings. The maximum absolute atomic E-state index is 8.52. The molecule has 7 heteroatoms. The average molecular weight is 480 g/mol. The van der Waals surface area contributed by atoms with Crippen LogP contribution < -0.4 is 0 Å². The summed E-state index contributed by atoms with van der Waals surface area (Å²) in [5.41, 5.74) is 0. The SMILES string of the molecule is O=S(=O)([O-])[O-].[Ir+3].[Ir+3]. The van der Waals surface area contributed by atoms with E-state index in [1.54, 1.807) is 0 Å². The van der Waals surface area contributed by atoms with Crippen molar-refractivity contribution < 1.29 is 57.7 Å². The Morgan fingerprint density at radius 2 is 1.00 bits per heavy atom. The minimum atomic E-state index is -5.17. The summed E-state index contributed by atoms with van der Waals surface area (Å²) >= 11 is 0. The molecule has 0 heterocycles. The van der Waals surface area contributed by atoms with Gasteiger partial charge in [-0.15, -0.1) is 0 Å². The third kappa shape index (κ3) is 140. The van der Waals surface area contributed by atoms with Crippen molar-refractivity contribution in [3.8, 4) is 0 Å². The molecule has 0 aromatic rings. The average Bonchev–Trinajstić information content (AvgIpc) is 0.722. The van der Waals surface area contributed by atoms with Crippen molar-refractivity contribution in [1.29, 1.82) is 0 Å². The minimum Gasteiger partial charge on any atom is -0.759 e. The van der Waals surface area contributed by atoms with Gasteiger partial charge in [0, 0.05) is 10.4 Å². The van der Waals surface area contributed by atoms with E-state index in [2.05, 4.69) is 0 Å². The molecule has 0 aromatic heterocycles. The van der Waals surface area contributed by atoms with Gasteiger partial charge in [-0.05, 0) is 0 Å². The van der Waals surface area contributed by atoms with Crippen LogP contribution in [-0.2, 0) is 50.6 Å². The van der Waals surface area contributed by atoms with Gasteiger partial charge >= 0.3 is 40.2 Å². The van der Waals surface area contributed by atoms with Gasteiger partial charge in [-0.3, -0.25) is 8.42 Å². The summed E-state index contributed by atoms with van der Waals surface area (Å²) in [4.78, 5) is 0. The van der Waals surface area contributed by atoms with Crippen LogP contribution in [0.3, 0.4) is 0 Å². The van der Waals surface area contributed by atoms with Gasteiger partial charge < -0.3 is 9.11 Å². The first kappa shape index (κ1) is 15.7. The molecule has 0 bridgehead atoms. The van der Waals surface area contributed by atoms with Gasteiger partial charge in [-0.25, -0.2) is 0 Å². The van der Waals surface area contributed by atoms with E-state index in [4.69, 9.17) is 17.5 Å². The molecule has 0 aromatic carbocycles. The fraction of sp³-hybridized carbons (Fsp3) is 0. The van der Waals surface area contributed by atoms with Gasteiger partial charge in [-0.2, -0.15) is 0 Å². The van der Waals surface area contributed by atoms with Gasteiger partial charge in [0.05, 0.1) is 0 Å². The van der Waals surface area contributed by atoms with Crippen molar-refractivity contribution in [3.05, 3.63) is 0 Å². The number of hydrogen-bond donors (Lipinski definition) is 0. The molecule has 0 unspecified atom stereocenters. The Morgan fingerprint density at radius 3 is 1.00 bits per heavy atom. The van der Waals surface area contributed by atoms with Gasteiger partial charge in [-0.1, -0.05) is 0 Å². The fourth-order valence-corrected chi connectivity index (χ4v) is 0. The third-order valence-electron chi connectivity index (χ3n) is 0. The van der Waals surface area contributed by atoms with Gasteiger partial charge in [0.25, 0.3) is 0 Å². The predicted octanol–water partition coefficient (Wildman–Crippen LogP) is -1.34. The predicted molar refractivity (Wildman–Crippen MR) is 10.5 cm³/mol. The molecule has 0 N–H and O–H groups in total. The topological polar surface area (TPSA) is 80.3 Å². The first-order chi connectivity index (χ1) is 2.00. The first-order valence-corrected chi connectivity index (χ1v) is 2.00. The number of rotatable bonds is 0. The molecule has 7 heavy (non-hydrogen) atoms. The van der Waals surface area contributed by atoms with Crippen LogP contribution in [0.4, 0.5) is 0 Å². The van der Waals surface area contributed by atoms with E-state index in [0.29, 0.717) is 0 Å². The Morgan fingerprint density at radius 1 is 1.00 bits per heavy atom. The number of hydrogen-bond acceptors (Lipinski definition) is 4. The van der Waals surface area contributed by atoms with Gasteiger partial charge in [0.1, 0.15) is 0 Å². The van der Waals surface area contributed by atoms with E-state index in [0.717, 1.165) is 0 Å². The molecule has 0 rings (SSSR count). The normalized spacial score (nSPS) is 8.29. The van der Waals surface area contributed by atoms with E-state index in [9.17, 15) is 0 Å². The van der Waals surface area contributed by atoms with Crippen molar-refractivity contribution in [2.45, 2.75) is 0 Å². The second kappa shape index (κ2) is 5.31. The largest absolute Gasteiger partial charge is 3.00 e.